The van der Waals surface area contributed by atoms with Crippen LogP contribution in [-0.4, -0.2) is 6.54 Å². The van der Waals surface area contributed by atoms with E-state index in [9.17, 15) is 13.2 Å². The maximum absolute atomic E-state index is 14.1. The van der Waals surface area contributed by atoms with Crippen molar-refractivity contribution in [3.8, 4) is 0 Å². The monoisotopic (exact) mass is 405 g/mol. The molecular formula is C16H15F3IN. The molecule has 0 aliphatic heterocycles. The summed E-state index contributed by atoms with van der Waals surface area (Å²) in [6, 6.07) is 9.27. The van der Waals surface area contributed by atoms with E-state index in [0.29, 0.717) is 6.54 Å². The fourth-order valence-electron chi connectivity index (χ4n) is 2.15. The second-order valence-electron chi connectivity index (χ2n) is 4.71. The van der Waals surface area contributed by atoms with Crippen molar-refractivity contribution >= 4 is 22.6 Å². The van der Waals surface area contributed by atoms with Crippen LogP contribution in [0.4, 0.5) is 13.2 Å². The Morgan fingerprint density at radius 3 is 2.52 bits per heavy atom. The van der Waals surface area contributed by atoms with Crippen molar-refractivity contribution in [3.63, 3.8) is 0 Å². The van der Waals surface area contributed by atoms with Crippen molar-refractivity contribution in [1.29, 1.82) is 0 Å². The van der Waals surface area contributed by atoms with Gasteiger partial charge >= 0.3 is 0 Å². The van der Waals surface area contributed by atoms with Gasteiger partial charge in [-0.1, -0.05) is 25.1 Å². The van der Waals surface area contributed by atoms with Gasteiger partial charge in [0, 0.05) is 9.13 Å². The molecule has 1 nitrogen and oxygen atoms in total. The van der Waals surface area contributed by atoms with E-state index in [1.807, 2.05) is 31.2 Å². The zero-order chi connectivity index (χ0) is 15.4. The van der Waals surface area contributed by atoms with Crippen molar-refractivity contribution in [2.45, 2.75) is 19.4 Å². The fraction of sp³-hybridized carbons (Fsp3) is 0.250. The molecule has 0 radical (unpaired) electrons. The first-order valence-corrected chi connectivity index (χ1v) is 7.74. The molecule has 5 heteroatoms. The Hall–Kier alpha value is -1.08. The summed E-state index contributed by atoms with van der Waals surface area (Å²) in [6.07, 6.45) is 0.853. The summed E-state index contributed by atoms with van der Waals surface area (Å²) in [4.78, 5) is 0. The highest BCUT2D eigenvalue weighted by molar-refractivity contribution is 14.1. The Morgan fingerprint density at radius 2 is 1.86 bits per heavy atom. The Bertz CT molecular complexity index is 631. The zero-order valence-electron chi connectivity index (χ0n) is 11.5. The molecular weight excluding hydrogens is 390 g/mol. The van der Waals surface area contributed by atoms with Gasteiger partial charge in [-0.3, -0.25) is 0 Å². The Labute approximate surface area is 135 Å². The maximum Gasteiger partial charge on any atom is 0.194 e. The number of halogens is 4. The van der Waals surface area contributed by atoms with Gasteiger partial charge in [0.05, 0.1) is 6.04 Å². The minimum atomic E-state index is -1.43. The summed E-state index contributed by atoms with van der Waals surface area (Å²) in [5, 5.41) is 3.18. The molecule has 0 aliphatic rings. The molecule has 1 N–H and O–H groups in total. The van der Waals surface area contributed by atoms with E-state index in [-0.39, 0.29) is 5.56 Å². The molecule has 112 valence electrons. The Morgan fingerprint density at radius 1 is 1.10 bits per heavy atom. The lowest BCUT2D eigenvalue weighted by Gasteiger charge is -2.20. The first-order valence-electron chi connectivity index (χ1n) is 6.66. The average molecular weight is 405 g/mol. The molecule has 0 saturated carbocycles. The van der Waals surface area contributed by atoms with Gasteiger partial charge in [0.15, 0.2) is 17.5 Å². The molecule has 1 atom stereocenters. The third kappa shape index (κ3) is 3.77. The van der Waals surface area contributed by atoms with Crippen LogP contribution in [0, 0.1) is 21.0 Å². The summed E-state index contributed by atoms with van der Waals surface area (Å²) in [5.74, 6) is -3.74. The maximum atomic E-state index is 14.1. The van der Waals surface area contributed by atoms with Gasteiger partial charge in [-0.15, -0.1) is 0 Å². The van der Waals surface area contributed by atoms with Gasteiger partial charge in [-0.25, -0.2) is 13.2 Å². The number of nitrogens with one attached hydrogen (secondary N) is 1. The van der Waals surface area contributed by atoms with Crippen LogP contribution in [0.2, 0.25) is 0 Å². The third-order valence-corrected chi connectivity index (χ3v) is 3.83. The van der Waals surface area contributed by atoms with Gasteiger partial charge in [-0.05, 0) is 59.3 Å². The smallest absolute Gasteiger partial charge is 0.194 e. The van der Waals surface area contributed by atoms with Gasteiger partial charge in [0.1, 0.15) is 0 Å². The van der Waals surface area contributed by atoms with Crippen LogP contribution >= 0.6 is 22.6 Å². The molecule has 0 aliphatic carbocycles. The highest BCUT2D eigenvalue weighted by Crippen LogP contribution is 2.27. The Balaban J connectivity index is 2.48. The van der Waals surface area contributed by atoms with Crippen molar-refractivity contribution in [3.05, 3.63) is 68.5 Å². The van der Waals surface area contributed by atoms with Crippen molar-refractivity contribution in [2.24, 2.45) is 0 Å². The lowest BCUT2D eigenvalue weighted by Crippen LogP contribution is -2.24. The molecule has 2 rings (SSSR count). The van der Waals surface area contributed by atoms with E-state index >= 15 is 0 Å². The van der Waals surface area contributed by atoms with Crippen molar-refractivity contribution in [1.82, 2.24) is 5.32 Å². The van der Waals surface area contributed by atoms with E-state index in [1.54, 1.807) is 0 Å². The predicted octanol–water partition coefficient (Wildman–Crippen LogP) is 4.80. The molecule has 2 aromatic carbocycles. The van der Waals surface area contributed by atoms with E-state index in [4.69, 9.17) is 0 Å². The van der Waals surface area contributed by atoms with Gasteiger partial charge in [0.25, 0.3) is 0 Å². The first kappa shape index (κ1) is 16.3. The van der Waals surface area contributed by atoms with E-state index < -0.39 is 23.5 Å². The summed E-state index contributed by atoms with van der Waals surface area (Å²) in [6.45, 7) is 2.63. The number of rotatable bonds is 5. The fourth-order valence-corrected chi connectivity index (χ4v) is 2.71. The molecule has 0 heterocycles. The van der Waals surface area contributed by atoms with Gasteiger partial charge in [-0.2, -0.15) is 0 Å². The SMILES string of the molecule is CCCNC(c1cccc(I)c1)c1ccc(F)c(F)c1F. The van der Waals surface area contributed by atoms with Crippen LogP contribution < -0.4 is 5.32 Å². The van der Waals surface area contributed by atoms with Crippen molar-refractivity contribution in [2.75, 3.05) is 6.54 Å². The highest BCUT2D eigenvalue weighted by atomic mass is 127. The number of hydrogen-bond acceptors (Lipinski definition) is 1. The third-order valence-electron chi connectivity index (χ3n) is 3.16. The lowest BCUT2D eigenvalue weighted by atomic mass is 9.97. The number of benzene rings is 2. The molecule has 1 unspecified atom stereocenters. The second kappa shape index (κ2) is 7.26. The molecule has 0 amide bonds. The standard InChI is InChI=1S/C16H15F3IN/c1-2-8-21-16(10-4-3-5-11(20)9-10)12-6-7-13(17)15(19)14(12)18/h3-7,9,16,21H,2,8H2,1H3. The highest BCUT2D eigenvalue weighted by Gasteiger charge is 2.22. The molecule has 0 spiro atoms. The number of hydrogen-bond donors (Lipinski definition) is 1. The van der Waals surface area contributed by atoms with Crippen LogP contribution in [0.3, 0.4) is 0 Å². The quantitative estimate of drug-likeness (QED) is 0.557. The van der Waals surface area contributed by atoms with Crippen molar-refractivity contribution < 1.29 is 13.2 Å². The largest absolute Gasteiger partial charge is 0.306 e. The summed E-state index contributed by atoms with van der Waals surface area (Å²) >= 11 is 2.16. The lowest BCUT2D eigenvalue weighted by molar-refractivity contribution is 0.432. The minimum Gasteiger partial charge on any atom is -0.306 e. The van der Waals surface area contributed by atoms with Crippen LogP contribution in [0.15, 0.2) is 36.4 Å². The van der Waals surface area contributed by atoms with Crippen LogP contribution in [0.5, 0.6) is 0 Å². The van der Waals surface area contributed by atoms with E-state index in [0.717, 1.165) is 21.6 Å². The summed E-state index contributed by atoms with van der Waals surface area (Å²) < 4.78 is 41.7. The van der Waals surface area contributed by atoms with E-state index in [1.165, 1.54) is 6.07 Å². The molecule has 0 aromatic heterocycles. The summed E-state index contributed by atoms with van der Waals surface area (Å²) in [7, 11) is 0. The molecule has 21 heavy (non-hydrogen) atoms. The topological polar surface area (TPSA) is 12.0 Å². The molecule has 0 saturated heterocycles. The van der Waals surface area contributed by atoms with E-state index in [2.05, 4.69) is 27.9 Å². The zero-order valence-corrected chi connectivity index (χ0v) is 13.6. The average Bonchev–Trinajstić information content (AvgIpc) is 2.47. The van der Waals surface area contributed by atoms with Crippen LogP contribution in [0.1, 0.15) is 30.5 Å². The van der Waals surface area contributed by atoms with Gasteiger partial charge < -0.3 is 5.32 Å². The first-order chi connectivity index (χ1) is 10.0. The second-order valence-corrected chi connectivity index (χ2v) is 5.95. The molecule has 0 fully saturated rings. The minimum absolute atomic E-state index is 0.115. The van der Waals surface area contributed by atoms with Crippen LogP contribution in [0.25, 0.3) is 0 Å². The van der Waals surface area contributed by atoms with Crippen LogP contribution in [-0.2, 0) is 0 Å². The molecule has 2 aromatic rings. The van der Waals surface area contributed by atoms with Gasteiger partial charge in [0.2, 0.25) is 0 Å². The predicted molar refractivity (Wildman–Crippen MR) is 85.6 cm³/mol. The Kier molecular flexibility index (Phi) is 5.64. The molecule has 0 bridgehead atoms. The normalized spacial score (nSPS) is 12.4. The summed E-state index contributed by atoms with van der Waals surface area (Å²) in [5.41, 5.74) is 0.935.